The summed E-state index contributed by atoms with van der Waals surface area (Å²) >= 11 is 6.75. The minimum atomic E-state index is 0.138. The molecule has 2 fully saturated rings. The average Bonchev–Trinajstić information content (AvgIpc) is 3.00. The minimum absolute atomic E-state index is 0.138. The summed E-state index contributed by atoms with van der Waals surface area (Å²) in [5.41, 5.74) is 5.52. The van der Waals surface area contributed by atoms with Crippen LogP contribution in [-0.4, -0.2) is 54.2 Å². The van der Waals surface area contributed by atoms with Crippen LogP contribution in [0.2, 0.25) is 5.02 Å². The zero-order valence-corrected chi connectivity index (χ0v) is 15.6. The highest BCUT2D eigenvalue weighted by atomic mass is 35.5. The van der Waals surface area contributed by atoms with Gasteiger partial charge in [0.15, 0.2) is 0 Å². The van der Waals surface area contributed by atoms with Gasteiger partial charge in [0.1, 0.15) is 0 Å². The number of rotatable bonds is 3. The summed E-state index contributed by atoms with van der Waals surface area (Å²) in [6.45, 7) is 5.47. The van der Waals surface area contributed by atoms with Crippen LogP contribution in [0.3, 0.4) is 0 Å². The number of aromatic nitrogens is 2. The predicted molar refractivity (Wildman–Crippen MR) is 101 cm³/mol. The number of fused-ring (bicyclic) bond motifs is 1. The van der Waals surface area contributed by atoms with E-state index in [-0.39, 0.29) is 5.91 Å². The van der Waals surface area contributed by atoms with E-state index in [9.17, 15) is 4.79 Å². The van der Waals surface area contributed by atoms with Gasteiger partial charge in [-0.2, -0.15) is 5.10 Å². The molecule has 5 rings (SSSR count). The molecule has 2 N–H and O–H groups in total. The molecule has 6 nitrogen and oxygen atoms in total. The molecule has 3 aliphatic rings. The molecule has 1 spiro atoms. The number of hydrogen-bond acceptors (Lipinski definition) is 4. The van der Waals surface area contributed by atoms with Crippen LogP contribution in [0, 0.1) is 5.41 Å². The van der Waals surface area contributed by atoms with Gasteiger partial charge in [0.05, 0.1) is 10.7 Å². The van der Waals surface area contributed by atoms with Crippen LogP contribution in [0.15, 0.2) is 18.3 Å². The molecule has 0 radical (unpaired) electrons. The lowest BCUT2D eigenvalue weighted by molar-refractivity contribution is -0.118. The molecule has 1 aromatic carbocycles. The fourth-order valence-electron chi connectivity index (χ4n) is 4.51. The van der Waals surface area contributed by atoms with Gasteiger partial charge in [-0.05, 0) is 24.1 Å². The quantitative estimate of drug-likeness (QED) is 0.866. The molecule has 0 bridgehead atoms. The Labute approximate surface area is 157 Å². The number of halogens is 1. The van der Waals surface area contributed by atoms with Crippen LogP contribution in [-0.2, 0) is 17.8 Å². The second kappa shape index (κ2) is 5.81. The summed E-state index contributed by atoms with van der Waals surface area (Å²) in [6, 6.07) is 3.98. The fourth-order valence-corrected chi connectivity index (χ4v) is 4.85. The van der Waals surface area contributed by atoms with E-state index in [2.05, 4.69) is 20.4 Å². The number of carbonyl (C=O) groups excluding carboxylic acids is 1. The van der Waals surface area contributed by atoms with Crippen LogP contribution in [0.5, 0.6) is 0 Å². The third kappa shape index (κ3) is 2.40. The lowest BCUT2D eigenvalue weighted by atomic mass is 9.74. The largest absolute Gasteiger partial charge is 0.315 e. The highest BCUT2D eigenvalue weighted by Crippen LogP contribution is 2.40. The normalized spacial score (nSPS) is 21.5. The molecule has 136 valence electrons. The van der Waals surface area contributed by atoms with Gasteiger partial charge >= 0.3 is 0 Å². The maximum absolute atomic E-state index is 11.9. The number of aromatic amines is 1. The highest BCUT2D eigenvalue weighted by molar-refractivity contribution is 6.34. The molecule has 26 heavy (non-hydrogen) atoms. The van der Waals surface area contributed by atoms with Crippen molar-refractivity contribution in [2.45, 2.75) is 19.4 Å². The van der Waals surface area contributed by atoms with Gasteiger partial charge in [-0.3, -0.25) is 14.8 Å². The van der Waals surface area contributed by atoms with Crippen LogP contribution < -0.4 is 10.2 Å². The first-order chi connectivity index (χ1) is 12.6. The molecule has 4 heterocycles. The van der Waals surface area contributed by atoms with E-state index < -0.39 is 0 Å². The van der Waals surface area contributed by atoms with Crippen LogP contribution >= 0.6 is 11.6 Å². The molecule has 2 saturated heterocycles. The molecule has 0 aliphatic carbocycles. The van der Waals surface area contributed by atoms with Crippen molar-refractivity contribution < 1.29 is 4.79 Å². The van der Waals surface area contributed by atoms with E-state index in [0.717, 1.165) is 60.3 Å². The van der Waals surface area contributed by atoms with E-state index in [1.165, 1.54) is 5.56 Å². The first-order valence-electron chi connectivity index (χ1n) is 9.10. The van der Waals surface area contributed by atoms with Gasteiger partial charge in [-0.25, -0.2) is 0 Å². The Morgan fingerprint density at radius 2 is 2.08 bits per heavy atom. The second-order valence-corrected chi connectivity index (χ2v) is 8.26. The summed E-state index contributed by atoms with van der Waals surface area (Å²) in [6.07, 6.45) is 3.17. The fraction of sp³-hybridized carbons (Fsp3) is 0.474. The molecular formula is C19H22ClN5O. The lowest BCUT2D eigenvalue weighted by Crippen LogP contribution is -2.70. The van der Waals surface area contributed by atoms with Gasteiger partial charge in [0, 0.05) is 74.6 Å². The topological polar surface area (TPSA) is 64.3 Å². The van der Waals surface area contributed by atoms with Gasteiger partial charge in [0.25, 0.3) is 0 Å². The lowest BCUT2D eigenvalue weighted by Gasteiger charge is -2.56. The molecule has 1 aromatic heterocycles. The van der Waals surface area contributed by atoms with Crippen molar-refractivity contribution in [3.63, 3.8) is 0 Å². The number of nitrogens with zero attached hydrogens (tertiary/aromatic N) is 3. The Morgan fingerprint density at radius 1 is 1.27 bits per heavy atom. The number of H-pyrrole nitrogens is 1. The van der Waals surface area contributed by atoms with Crippen molar-refractivity contribution >= 4 is 23.2 Å². The van der Waals surface area contributed by atoms with Crippen LogP contribution in [0.25, 0.3) is 11.3 Å². The van der Waals surface area contributed by atoms with Crippen molar-refractivity contribution in [2.75, 3.05) is 38.1 Å². The molecular weight excluding hydrogens is 350 g/mol. The predicted octanol–water partition coefficient (Wildman–Crippen LogP) is 2.04. The molecule has 2 aromatic rings. The molecule has 1 amide bonds. The first-order valence-corrected chi connectivity index (χ1v) is 9.48. The monoisotopic (exact) mass is 371 g/mol. The number of benzene rings is 1. The summed E-state index contributed by atoms with van der Waals surface area (Å²) in [5.74, 6) is 0.138. The molecule has 0 saturated carbocycles. The standard InChI is InChI=1S/C19H22ClN5O/c1-24-15-4-2-14(17(20)13(15)3-5-16(24)26)18-12(6-22-23-18)7-25-10-19(11-25)8-21-9-19/h2,4,6,21H,3,5,7-11H2,1H3,(H,22,23). The van der Waals surface area contributed by atoms with E-state index in [1.807, 2.05) is 25.4 Å². The number of anilines is 1. The van der Waals surface area contributed by atoms with Gasteiger partial charge < -0.3 is 10.2 Å². The van der Waals surface area contributed by atoms with Crippen LogP contribution in [0.1, 0.15) is 17.5 Å². The van der Waals surface area contributed by atoms with Crippen molar-refractivity contribution in [1.29, 1.82) is 0 Å². The van der Waals surface area contributed by atoms with Gasteiger partial charge in [-0.15, -0.1) is 0 Å². The second-order valence-electron chi connectivity index (χ2n) is 7.89. The smallest absolute Gasteiger partial charge is 0.227 e. The maximum Gasteiger partial charge on any atom is 0.227 e. The molecule has 7 heteroatoms. The minimum Gasteiger partial charge on any atom is -0.315 e. The summed E-state index contributed by atoms with van der Waals surface area (Å²) < 4.78 is 0. The Bertz CT molecular complexity index is 880. The summed E-state index contributed by atoms with van der Waals surface area (Å²) in [5, 5.41) is 11.6. The van der Waals surface area contributed by atoms with E-state index in [0.29, 0.717) is 18.3 Å². The van der Waals surface area contributed by atoms with Crippen molar-refractivity contribution in [1.82, 2.24) is 20.4 Å². The molecule has 0 unspecified atom stereocenters. The van der Waals surface area contributed by atoms with Crippen LogP contribution in [0.4, 0.5) is 5.69 Å². The first kappa shape index (κ1) is 16.3. The van der Waals surface area contributed by atoms with E-state index in [4.69, 9.17) is 11.6 Å². The Balaban J connectivity index is 1.42. The number of carbonyl (C=O) groups is 1. The average molecular weight is 372 g/mol. The van der Waals surface area contributed by atoms with E-state index >= 15 is 0 Å². The highest BCUT2D eigenvalue weighted by Gasteiger charge is 2.47. The Kier molecular flexibility index (Phi) is 3.64. The third-order valence-corrected chi connectivity index (χ3v) is 6.46. The number of nitrogens with one attached hydrogen (secondary N) is 2. The number of hydrogen-bond donors (Lipinski definition) is 2. The zero-order chi connectivity index (χ0) is 17.9. The zero-order valence-electron chi connectivity index (χ0n) is 14.8. The van der Waals surface area contributed by atoms with Gasteiger partial charge in [0.2, 0.25) is 5.91 Å². The summed E-state index contributed by atoms with van der Waals surface area (Å²) in [4.78, 5) is 16.1. The van der Waals surface area contributed by atoms with Gasteiger partial charge in [-0.1, -0.05) is 11.6 Å². The third-order valence-electron chi connectivity index (χ3n) is 6.03. The molecule has 3 aliphatic heterocycles. The van der Waals surface area contributed by atoms with Crippen molar-refractivity contribution in [3.05, 3.63) is 34.5 Å². The molecule has 0 atom stereocenters. The number of likely N-dealkylation sites (tertiary alicyclic amines) is 1. The summed E-state index contributed by atoms with van der Waals surface area (Å²) in [7, 11) is 1.81. The van der Waals surface area contributed by atoms with E-state index in [1.54, 1.807) is 4.90 Å². The Hall–Kier alpha value is -1.89. The Morgan fingerprint density at radius 3 is 2.81 bits per heavy atom. The van der Waals surface area contributed by atoms with Crippen molar-refractivity contribution in [2.24, 2.45) is 5.41 Å². The SMILES string of the molecule is CN1C(=O)CCc2c1ccc(-c1n[nH]cc1CN1CC3(CNC3)C1)c2Cl. The maximum atomic E-state index is 11.9. The number of amides is 1. The van der Waals surface area contributed by atoms with Crippen molar-refractivity contribution in [3.8, 4) is 11.3 Å².